The number of rotatable bonds is 6. The van der Waals surface area contributed by atoms with E-state index in [9.17, 15) is 18.5 Å². The molecule has 10 nitrogen and oxygen atoms in total. The van der Waals surface area contributed by atoms with Gasteiger partial charge in [-0.25, -0.2) is 23.5 Å². The zero-order valence-electron chi connectivity index (χ0n) is 13.3. The van der Waals surface area contributed by atoms with Crippen molar-refractivity contribution in [3.8, 4) is 5.82 Å². The average Bonchev–Trinajstić information content (AvgIpc) is 3.14. The molecule has 3 rings (SSSR count). The van der Waals surface area contributed by atoms with Crippen LogP contribution in [0.25, 0.3) is 5.82 Å². The molecular formula is C15H14N6O4S. The van der Waals surface area contributed by atoms with E-state index in [-0.39, 0.29) is 22.8 Å². The van der Waals surface area contributed by atoms with Crippen LogP contribution >= 0.6 is 0 Å². The van der Waals surface area contributed by atoms with Crippen molar-refractivity contribution in [3.05, 3.63) is 70.9 Å². The van der Waals surface area contributed by atoms with Crippen molar-refractivity contribution in [2.45, 2.75) is 11.4 Å². The quantitative estimate of drug-likeness (QED) is 0.490. The number of pyridine rings is 1. The van der Waals surface area contributed by atoms with E-state index in [2.05, 4.69) is 15.3 Å². The van der Waals surface area contributed by atoms with Crippen LogP contribution in [0.3, 0.4) is 0 Å². The van der Waals surface area contributed by atoms with Crippen LogP contribution in [-0.4, -0.2) is 27.9 Å². The van der Waals surface area contributed by atoms with Gasteiger partial charge >= 0.3 is 0 Å². The Morgan fingerprint density at radius 3 is 2.65 bits per heavy atom. The Morgan fingerprint density at radius 2 is 2.08 bits per heavy atom. The highest BCUT2D eigenvalue weighted by Gasteiger charge is 2.18. The van der Waals surface area contributed by atoms with Crippen LogP contribution in [0.15, 0.2) is 60.1 Å². The van der Waals surface area contributed by atoms with Crippen LogP contribution in [-0.2, 0) is 16.6 Å². The number of nitro groups is 1. The summed E-state index contributed by atoms with van der Waals surface area (Å²) in [5.74, 6) is 0.690. The third kappa shape index (κ3) is 3.84. The molecule has 0 unspecified atom stereocenters. The Bertz CT molecular complexity index is 1030. The second-order valence-corrected chi connectivity index (χ2v) is 6.89. The fraction of sp³-hybridized carbons (Fsp3) is 0.0667. The molecule has 2 heterocycles. The van der Waals surface area contributed by atoms with E-state index >= 15 is 0 Å². The van der Waals surface area contributed by atoms with Gasteiger partial charge in [0.25, 0.3) is 5.69 Å². The van der Waals surface area contributed by atoms with Gasteiger partial charge in [0.1, 0.15) is 17.8 Å². The van der Waals surface area contributed by atoms with E-state index in [1.54, 1.807) is 35.6 Å². The van der Waals surface area contributed by atoms with Gasteiger partial charge in [0.05, 0.1) is 9.82 Å². The van der Waals surface area contributed by atoms with Crippen LogP contribution in [0.2, 0.25) is 0 Å². The van der Waals surface area contributed by atoms with Gasteiger partial charge in [0.2, 0.25) is 10.0 Å². The number of sulfonamides is 1. The minimum atomic E-state index is -4.02. The van der Waals surface area contributed by atoms with Crippen molar-refractivity contribution in [2.75, 3.05) is 5.32 Å². The van der Waals surface area contributed by atoms with Crippen molar-refractivity contribution in [3.63, 3.8) is 0 Å². The molecule has 11 heteroatoms. The molecule has 0 amide bonds. The Morgan fingerprint density at radius 1 is 1.27 bits per heavy atom. The number of aromatic nitrogens is 3. The number of benzene rings is 1. The topological polar surface area (TPSA) is 146 Å². The zero-order valence-corrected chi connectivity index (χ0v) is 14.1. The predicted molar refractivity (Wildman–Crippen MR) is 93.2 cm³/mol. The van der Waals surface area contributed by atoms with E-state index in [4.69, 9.17) is 5.14 Å². The standard InChI is InChI=1S/C15H14N6O4S/c16-26(24,25)12-2-3-13(14(7-12)21(22)23)18-8-11-1-4-15(19-9-11)20-6-5-17-10-20/h1-7,9-10,18H,8H2,(H2,16,24,25). The molecule has 0 saturated heterocycles. The molecule has 0 aliphatic carbocycles. The fourth-order valence-electron chi connectivity index (χ4n) is 2.25. The van der Waals surface area contributed by atoms with Crippen LogP contribution in [0.5, 0.6) is 0 Å². The molecule has 26 heavy (non-hydrogen) atoms. The SMILES string of the molecule is NS(=O)(=O)c1ccc(NCc2ccc(-n3ccnc3)nc2)c([N+](=O)[O-])c1. The van der Waals surface area contributed by atoms with Gasteiger partial charge in [-0.05, 0) is 23.8 Å². The van der Waals surface area contributed by atoms with E-state index in [0.717, 1.165) is 11.6 Å². The number of hydrogen-bond donors (Lipinski definition) is 2. The third-order valence-corrected chi connectivity index (χ3v) is 4.47. The number of primary sulfonamides is 1. The van der Waals surface area contributed by atoms with Crippen LogP contribution in [0.4, 0.5) is 11.4 Å². The van der Waals surface area contributed by atoms with Gasteiger partial charge in [-0.2, -0.15) is 0 Å². The molecule has 3 aromatic rings. The Kier molecular flexibility index (Phi) is 4.65. The first-order valence-electron chi connectivity index (χ1n) is 7.33. The summed E-state index contributed by atoms with van der Waals surface area (Å²) in [5.41, 5.74) is 0.597. The van der Waals surface area contributed by atoms with E-state index < -0.39 is 14.9 Å². The third-order valence-electron chi connectivity index (χ3n) is 3.56. The van der Waals surface area contributed by atoms with Crippen molar-refractivity contribution < 1.29 is 13.3 Å². The molecular weight excluding hydrogens is 360 g/mol. The molecule has 0 fully saturated rings. The molecule has 0 radical (unpaired) electrons. The summed E-state index contributed by atoms with van der Waals surface area (Å²) in [4.78, 5) is 18.4. The summed E-state index contributed by atoms with van der Waals surface area (Å²) in [6, 6.07) is 7.06. The second-order valence-electron chi connectivity index (χ2n) is 5.33. The molecule has 1 aromatic carbocycles. The number of nitro benzene ring substituents is 1. The highest BCUT2D eigenvalue weighted by molar-refractivity contribution is 7.89. The van der Waals surface area contributed by atoms with Gasteiger partial charge in [0, 0.05) is 31.2 Å². The lowest BCUT2D eigenvalue weighted by Crippen LogP contribution is -2.13. The molecule has 3 N–H and O–H groups in total. The first kappa shape index (κ1) is 17.5. The van der Waals surface area contributed by atoms with Crippen molar-refractivity contribution in [1.82, 2.24) is 14.5 Å². The summed E-state index contributed by atoms with van der Waals surface area (Å²) in [7, 11) is -4.02. The largest absolute Gasteiger partial charge is 0.375 e. The number of hydrogen-bond acceptors (Lipinski definition) is 7. The smallest absolute Gasteiger partial charge is 0.293 e. The molecule has 0 aliphatic heterocycles. The maximum Gasteiger partial charge on any atom is 0.293 e. The molecule has 0 saturated carbocycles. The molecule has 0 bridgehead atoms. The lowest BCUT2D eigenvalue weighted by atomic mass is 10.2. The summed E-state index contributed by atoms with van der Waals surface area (Å²) in [5, 5.41) is 19.1. The molecule has 0 spiro atoms. The molecule has 0 aliphatic rings. The summed E-state index contributed by atoms with van der Waals surface area (Å²) in [6.07, 6.45) is 6.65. The Balaban J connectivity index is 1.78. The zero-order chi connectivity index (χ0) is 18.7. The average molecular weight is 374 g/mol. The van der Waals surface area contributed by atoms with Crippen LogP contribution in [0, 0.1) is 10.1 Å². The second kappa shape index (κ2) is 6.90. The molecule has 2 aromatic heterocycles. The molecule has 0 atom stereocenters. The fourth-order valence-corrected chi connectivity index (χ4v) is 2.79. The normalized spacial score (nSPS) is 11.3. The lowest BCUT2D eigenvalue weighted by Gasteiger charge is -2.09. The summed E-state index contributed by atoms with van der Waals surface area (Å²) in [6.45, 7) is 0.271. The summed E-state index contributed by atoms with van der Waals surface area (Å²) < 4.78 is 24.4. The Labute approximate surface area is 148 Å². The highest BCUT2D eigenvalue weighted by atomic mass is 32.2. The lowest BCUT2D eigenvalue weighted by molar-refractivity contribution is -0.384. The van der Waals surface area contributed by atoms with Gasteiger partial charge in [-0.3, -0.25) is 14.7 Å². The van der Waals surface area contributed by atoms with Crippen molar-refractivity contribution >= 4 is 21.4 Å². The minimum absolute atomic E-state index is 0.182. The highest BCUT2D eigenvalue weighted by Crippen LogP contribution is 2.27. The van der Waals surface area contributed by atoms with Crippen LogP contribution in [0.1, 0.15) is 5.56 Å². The van der Waals surface area contributed by atoms with Gasteiger partial charge < -0.3 is 5.32 Å². The van der Waals surface area contributed by atoms with E-state index in [1.807, 2.05) is 6.07 Å². The predicted octanol–water partition coefficient (Wildman–Crippen LogP) is 1.44. The summed E-state index contributed by atoms with van der Waals surface area (Å²) >= 11 is 0. The van der Waals surface area contributed by atoms with E-state index in [1.165, 1.54) is 12.1 Å². The van der Waals surface area contributed by atoms with Crippen molar-refractivity contribution in [2.24, 2.45) is 5.14 Å². The van der Waals surface area contributed by atoms with Crippen LogP contribution < -0.4 is 10.5 Å². The maximum atomic E-state index is 11.3. The van der Waals surface area contributed by atoms with Crippen molar-refractivity contribution in [1.29, 1.82) is 0 Å². The first-order valence-corrected chi connectivity index (χ1v) is 8.87. The van der Waals surface area contributed by atoms with Gasteiger partial charge in [0.15, 0.2) is 0 Å². The number of imidazole rings is 1. The number of nitrogens with one attached hydrogen (secondary N) is 1. The van der Waals surface area contributed by atoms with E-state index in [0.29, 0.717) is 5.82 Å². The van der Waals surface area contributed by atoms with Gasteiger partial charge in [-0.15, -0.1) is 0 Å². The number of nitrogens with zero attached hydrogens (tertiary/aromatic N) is 4. The number of anilines is 1. The van der Waals surface area contributed by atoms with Gasteiger partial charge in [-0.1, -0.05) is 6.07 Å². The minimum Gasteiger partial charge on any atom is -0.375 e. The Hall–Kier alpha value is -3.31. The number of nitrogens with two attached hydrogens (primary N) is 1. The maximum absolute atomic E-state index is 11.3. The molecule has 134 valence electrons. The monoisotopic (exact) mass is 374 g/mol. The first-order chi connectivity index (χ1) is 12.3.